The first kappa shape index (κ1) is 11.8. The van der Waals surface area contributed by atoms with E-state index in [1.54, 1.807) is 12.1 Å². The molecule has 1 aromatic carbocycles. The minimum atomic E-state index is -0.379. The molecule has 90 valence electrons. The highest BCUT2D eigenvalue weighted by Crippen LogP contribution is 2.22. The van der Waals surface area contributed by atoms with Gasteiger partial charge in [0.2, 0.25) is 5.91 Å². The van der Waals surface area contributed by atoms with Crippen LogP contribution in [0.1, 0.15) is 24.8 Å². The first-order valence-electron chi connectivity index (χ1n) is 5.89. The smallest absolute Gasteiger partial charge is 0.227 e. The number of carbonyl (C=O) groups excluding carboxylic acids is 1. The molecule has 0 aliphatic heterocycles. The first-order chi connectivity index (χ1) is 8.16. The van der Waals surface area contributed by atoms with Gasteiger partial charge in [-0.25, -0.2) is 4.39 Å². The Morgan fingerprint density at radius 1 is 1.41 bits per heavy atom. The van der Waals surface area contributed by atoms with Crippen LogP contribution in [0.15, 0.2) is 30.4 Å². The Balaban J connectivity index is 2.07. The summed E-state index contributed by atoms with van der Waals surface area (Å²) in [5.41, 5.74) is 1.22. The van der Waals surface area contributed by atoms with Crippen LogP contribution in [0.4, 0.5) is 10.1 Å². The van der Waals surface area contributed by atoms with Crippen LogP contribution in [0.25, 0.3) is 0 Å². The van der Waals surface area contributed by atoms with E-state index in [2.05, 4.69) is 11.4 Å². The molecule has 3 heteroatoms. The van der Waals surface area contributed by atoms with Crippen molar-refractivity contribution >= 4 is 11.6 Å². The molecule has 17 heavy (non-hydrogen) atoms. The third kappa shape index (κ3) is 2.93. The van der Waals surface area contributed by atoms with Gasteiger partial charge in [0, 0.05) is 5.92 Å². The van der Waals surface area contributed by atoms with E-state index in [0.29, 0.717) is 0 Å². The SMILES string of the molecule is Cc1ccc(F)c(NC(=O)[C@H]2CC=CCC2)c1. The minimum Gasteiger partial charge on any atom is -0.323 e. The number of hydrogen-bond donors (Lipinski definition) is 1. The number of allylic oxidation sites excluding steroid dienone is 2. The summed E-state index contributed by atoms with van der Waals surface area (Å²) >= 11 is 0. The monoisotopic (exact) mass is 233 g/mol. The van der Waals surface area contributed by atoms with Crippen molar-refractivity contribution in [3.8, 4) is 0 Å². The molecular formula is C14H16FNO. The fourth-order valence-electron chi connectivity index (χ4n) is 2.00. The molecule has 0 saturated carbocycles. The van der Waals surface area contributed by atoms with Crippen LogP contribution in [0.3, 0.4) is 0 Å². The van der Waals surface area contributed by atoms with Gasteiger partial charge in [-0.3, -0.25) is 4.79 Å². The number of nitrogens with one attached hydrogen (secondary N) is 1. The zero-order chi connectivity index (χ0) is 12.3. The average molecular weight is 233 g/mol. The highest BCUT2D eigenvalue weighted by Gasteiger charge is 2.19. The maximum atomic E-state index is 13.5. The maximum Gasteiger partial charge on any atom is 0.227 e. The number of rotatable bonds is 2. The second-order valence-electron chi connectivity index (χ2n) is 4.45. The summed E-state index contributed by atoms with van der Waals surface area (Å²) in [5, 5.41) is 2.67. The Hall–Kier alpha value is -1.64. The van der Waals surface area contributed by atoms with Gasteiger partial charge in [0.1, 0.15) is 5.82 Å². The van der Waals surface area contributed by atoms with Gasteiger partial charge in [-0.15, -0.1) is 0 Å². The van der Waals surface area contributed by atoms with Crippen molar-refractivity contribution in [2.45, 2.75) is 26.2 Å². The van der Waals surface area contributed by atoms with E-state index in [9.17, 15) is 9.18 Å². The Morgan fingerprint density at radius 3 is 2.94 bits per heavy atom. The summed E-state index contributed by atoms with van der Waals surface area (Å²) in [6, 6.07) is 4.73. The number of hydrogen-bond acceptors (Lipinski definition) is 1. The van der Waals surface area contributed by atoms with E-state index in [1.807, 2.05) is 13.0 Å². The summed E-state index contributed by atoms with van der Waals surface area (Å²) in [7, 11) is 0. The normalized spacial score (nSPS) is 19.1. The van der Waals surface area contributed by atoms with Gasteiger partial charge < -0.3 is 5.32 Å². The largest absolute Gasteiger partial charge is 0.323 e. The van der Waals surface area contributed by atoms with E-state index in [0.717, 1.165) is 24.8 Å². The Morgan fingerprint density at radius 2 is 2.24 bits per heavy atom. The van der Waals surface area contributed by atoms with Crippen molar-refractivity contribution in [3.63, 3.8) is 0 Å². The lowest BCUT2D eigenvalue weighted by Crippen LogP contribution is -2.24. The predicted octanol–water partition coefficient (Wildman–Crippen LogP) is 3.43. The zero-order valence-electron chi connectivity index (χ0n) is 9.87. The molecule has 1 aliphatic rings. The van der Waals surface area contributed by atoms with Gasteiger partial charge >= 0.3 is 0 Å². The molecule has 0 fully saturated rings. The number of anilines is 1. The van der Waals surface area contributed by atoms with Crippen LogP contribution in [0.2, 0.25) is 0 Å². The Kier molecular flexibility index (Phi) is 3.57. The molecule has 1 aromatic rings. The van der Waals surface area contributed by atoms with Crippen LogP contribution in [-0.2, 0) is 4.79 Å². The predicted molar refractivity (Wildman–Crippen MR) is 66.2 cm³/mol. The molecule has 0 saturated heterocycles. The number of benzene rings is 1. The van der Waals surface area contributed by atoms with Crippen LogP contribution < -0.4 is 5.32 Å². The van der Waals surface area contributed by atoms with Crippen molar-refractivity contribution in [1.29, 1.82) is 0 Å². The highest BCUT2D eigenvalue weighted by molar-refractivity contribution is 5.92. The minimum absolute atomic E-state index is 0.0279. The average Bonchev–Trinajstić information content (AvgIpc) is 2.35. The van der Waals surface area contributed by atoms with E-state index >= 15 is 0 Å². The highest BCUT2D eigenvalue weighted by atomic mass is 19.1. The summed E-state index contributed by atoms with van der Waals surface area (Å²) in [6.45, 7) is 1.87. The van der Waals surface area contributed by atoms with Crippen LogP contribution in [0, 0.1) is 18.7 Å². The molecule has 0 aromatic heterocycles. The lowest BCUT2D eigenvalue weighted by Gasteiger charge is -2.17. The number of halogens is 1. The van der Waals surface area contributed by atoms with Gasteiger partial charge in [0.15, 0.2) is 0 Å². The maximum absolute atomic E-state index is 13.5. The fraction of sp³-hybridized carbons (Fsp3) is 0.357. The topological polar surface area (TPSA) is 29.1 Å². The molecule has 1 amide bonds. The van der Waals surface area contributed by atoms with Gasteiger partial charge in [0.05, 0.1) is 5.69 Å². The van der Waals surface area contributed by atoms with Crippen LogP contribution >= 0.6 is 0 Å². The Bertz CT molecular complexity index is 454. The molecule has 1 atom stereocenters. The standard InChI is InChI=1S/C14H16FNO/c1-10-7-8-12(15)13(9-10)16-14(17)11-5-3-2-4-6-11/h2-3,7-9,11H,4-6H2,1H3,(H,16,17)/t11-/m0/s1. The van der Waals surface area contributed by atoms with E-state index in [4.69, 9.17) is 0 Å². The zero-order valence-corrected chi connectivity index (χ0v) is 9.87. The molecule has 2 nitrogen and oxygen atoms in total. The van der Waals surface area contributed by atoms with E-state index < -0.39 is 0 Å². The third-order valence-corrected chi connectivity index (χ3v) is 3.02. The summed E-state index contributed by atoms with van der Waals surface area (Å²) in [5.74, 6) is -0.492. The van der Waals surface area contributed by atoms with Crippen LogP contribution in [0.5, 0.6) is 0 Å². The van der Waals surface area contributed by atoms with E-state index in [-0.39, 0.29) is 23.3 Å². The fourth-order valence-corrected chi connectivity index (χ4v) is 2.00. The molecule has 2 rings (SSSR count). The lowest BCUT2D eigenvalue weighted by molar-refractivity contribution is -0.120. The van der Waals surface area contributed by atoms with Gasteiger partial charge in [-0.1, -0.05) is 18.2 Å². The van der Waals surface area contributed by atoms with Gasteiger partial charge in [-0.2, -0.15) is 0 Å². The van der Waals surface area contributed by atoms with Crippen LogP contribution in [-0.4, -0.2) is 5.91 Å². The molecule has 0 radical (unpaired) electrons. The number of carbonyl (C=O) groups is 1. The lowest BCUT2D eigenvalue weighted by atomic mass is 9.93. The third-order valence-electron chi connectivity index (χ3n) is 3.02. The van der Waals surface area contributed by atoms with Crippen molar-refractivity contribution in [3.05, 3.63) is 41.7 Å². The summed E-state index contributed by atoms with van der Waals surface area (Å²) in [6.07, 6.45) is 6.61. The second kappa shape index (κ2) is 5.13. The van der Waals surface area contributed by atoms with E-state index in [1.165, 1.54) is 6.07 Å². The van der Waals surface area contributed by atoms with Gasteiger partial charge in [-0.05, 0) is 43.9 Å². The quantitative estimate of drug-likeness (QED) is 0.779. The summed E-state index contributed by atoms with van der Waals surface area (Å²) in [4.78, 5) is 11.9. The number of aryl methyl sites for hydroxylation is 1. The van der Waals surface area contributed by atoms with Gasteiger partial charge in [0.25, 0.3) is 0 Å². The molecule has 0 unspecified atom stereocenters. The summed E-state index contributed by atoms with van der Waals surface area (Å²) < 4.78 is 13.5. The number of amides is 1. The molecule has 0 bridgehead atoms. The van der Waals surface area contributed by atoms with Crippen molar-refractivity contribution in [1.82, 2.24) is 0 Å². The molecular weight excluding hydrogens is 217 g/mol. The Labute approximate surface area is 101 Å². The molecule has 0 spiro atoms. The first-order valence-corrected chi connectivity index (χ1v) is 5.89. The second-order valence-corrected chi connectivity index (χ2v) is 4.45. The molecule has 0 heterocycles. The van der Waals surface area contributed by atoms with Crippen molar-refractivity contribution in [2.75, 3.05) is 5.32 Å². The molecule has 1 N–H and O–H groups in total. The molecule has 1 aliphatic carbocycles. The van der Waals surface area contributed by atoms with Crippen molar-refractivity contribution < 1.29 is 9.18 Å². The van der Waals surface area contributed by atoms with Crippen molar-refractivity contribution in [2.24, 2.45) is 5.92 Å².